The number of urea groups is 1. The number of benzene rings is 1. The number of β-amino-alcohol motifs (C(OH)–C–C–N with tert-alkyl or cyclic N) is 1. The van der Waals surface area contributed by atoms with E-state index in [1.807, 2.05) is 13.8 Å². The summed E-state index contributed by atoms with van der Waals surface area (Å²) >= 11 is 0. The van der Waals surface area contributed by atoms with Crippen molar-refractivity contribution in [3.63, 3.8) is 0 Å². The van der Waals surface area contributed by atoms with Gasteiger partial charge in [-0.25, -0.2) is 9.18 Å². The minimum atomic E-state index is -0.900. The standard InChI is InChI=1S/C15H21FN2O2/c1-14(2)9-18(10-15(14,3)20)13(19)17-8-11-5-4-6-12(16)7-11/h4-7,20H,8-10H2,1-3H3,(H,17,19)/t15-/m1/s1. The molecule has 0 spiro atoms. The molecule has 0 aromatic heterocycles. The van der Waals surface area contributed by atoms with Gasteiger partial charge in [0.05, 0.1) is 12.1 Å². The lowest BCUT2D eigenvalue weighted by atomic mass is 9.79. The lowest BCUT2D eigenvalue weighted by Gasteiger charge is -2.30. The van der Waals surface area contributed by atoms with Crippen LogP contribution in [0.15, 0.2) is 24.3 Å². The summed E-state index contributed by atoms with van der Waals surface area (Å²) in [7, 11) is 0. The largest absolute Gasteiger partial charge is 0.388 e. The normalized spacial score (nSPS) is 24.8. The number of carbonyl (C=O) groups is 1. The maximum atomic E-state index is 13.0. The first-order valence-corrected chi connectivity index (χ1v) is 6.71. The van der Waals surface area contributed by atoms with E-state index in [1.54, 1.807) is 24.0 Å². The zero-order valence-electron chi connectivity index (χ0n) is 12.1. The zero-order chi connectivity index (χ0) is 15.0. The molecule has 1 aliphatic rings. The van der Waals surface area contributed by atoms with Gasteiger partial charge in [-0.3, -0.25) is 0 Å². The molecule has 20 heavy (non-hydrogen) atoms. The molecule has 1 aromatic rings. The lowest BCUT2D eigenvalue weighted by Crippen LogP contribution is -2.41. The van der Waals surface area contributed by atoms with Crippen LogP contribution in [0.2, 0.25) is 0 Å². The maximum Gasteiger partial charge on any atom is 0.317 e. The Morgan fingerprint density at radius 3 is 2.65 bits per heavy atom. The first kappa shape index (κ1) is 14.8. The van der Waals surface area contributed by atoms with Gasteiger partial charge in [-0.15, -0.1) is 0 Å². The molecule has 1 heterocycles. The molecule has 4 nitrogen and oxygen atoms in total. The van der Waals surface area contributed by atoms with Crippen LogP contribution >= 0.6 is 0 Å². The number of hydrogen-bond acceptors (Lipinski definition) is 2. The van der Waals surface area contributed by atoms with Crippen LogP contribution in [-0.4, -0.2) is 34.7 Å². The van der Waals surface area contributed by atoms with Gasteiger partial charge in [-0.05, 0) is 24.6 Å². The second kappa shape index (κ2) is 5.05. The summed E-state index contributed by atoms with van der Waals surface area (Å²) in [6.45, 7) is 6.69. The number of hydrogen-bond donors (Lipinski definition) is 2. The number of nitrogens with zero attached hydrogens (tertiary/aromatic N) is 1. The van der Waals surface area contributed by atoms with E-state index in [1.165, 1.54) is 12.1 Å². The third-order valence-corrected chi connectivity index (χ3v) is 4.16. The molecule has 110 valence electrons. The van der Waals surface area contributed by atoms with Crippen molar-refractivity contribution in [1.29, 1.82) is 0 Å². The molecular weight excluding hydrogens is 259 g/mol. The van der Waals surface area contributed by atoms with Crippen molar-refractivity contribution >= 4 is 6.03 Å². The molecule has 0 aliphatic carbocycles. The van der Waals surface area contributed by atoms with E-state index in [0.717, 1.165) is 0 Å². The van der Waals surface area contributed by atoms with Crippen molar-refractivity contribution in [3.8, 4) is 0 Å². The third kappa shape index (κ3) is 2.93. The van der Waals surface area contributed by atoms with Crippen LogP contribution in [0.3, 0.4) is 0 Å². The van der Waals surface area contributed by atoms with Crippen LogP contribution in [0.25, 0.3) is 0 Å². The molecular formula is C15H21FN2O2. The van der Waals surface area contributed by atoms with Crippen LogP contribution in [0.5, 0.6) is 0 Å². The van der Waals surface area contributed by atoms with E-state index in [9.17, 15) is 14.3 Å². The first-order chi connectivity index (χ1) is 9.21. The number of halogens is 1. The second-order valence-corrected chi connectivity index (χ2v) is 6.30. The van der Waals surface area contributed by atoms with Gasteiger partial charge >= 0.3 is 6.03 Å². The molecule has 0 bridgehead atoms. The number of amides is 2. The summed E-state index contributed by atoms with van der Waals surface area (Å²) in [4.78, 5) is 13.7. The number of aliphatic hydroxyl groups is 1. The SMILES string of the molecule is CC1(C)CN(C(=O)NCc2cccc(F)c2)C[C@@]1(C)O. The van der Waals surface area contributed by atoms with Crippen molar-refractivity contribution in [2.75, 3.05) is 13.1 Å². The van der Waals surface area contributed by atoms with Crippen molar-refractivity contribution in [3.05, 3.63) is 35.6 Å². The van der Waals surface area contributed by atoms with Gasteiger partial charge < -0.3 is 15.3 Å². The summed E-state index contributed by atoms with van der Waals surface area (Å²) < 4.78 is 13.0. The van der Waals surface area contributed by atoms with E-state index in [4.69, 9.17) is 0 Å². The van der Waals surface area contributed by atoms with Gasteiger partial charge in [-0.2, -0.15) is 0 Å². The van der Waals surface area contributed by atoms with Gasteiger partial charge in [0.2, 0.25) is 0 Å². The second-order valence-electron chi connectivity index (χ2n) is 6.30. The van der Waals surface area contributed by atoms with Gasteiger partial charge in [-0.1, -0.05) is 26.0 Å². The predicted octanol–water partition coefficient (Wildman–Crippen LogP) is 2.13. The quantitative estimate of drug-likeness (QED) is 0.872. The number of likely N-dealkylation sites (tertiary alicyclic amines) is 1. The highest BCUT2D eigenvalue weighted by Crippen LogP contribution is 2.38. The van der Waals surface area contributed by atoms with E-state index in [0.29, 0.717) is 18.7 Å². The molecule has 1 atom stereocenters. The Hall–Kier alpha value is -1.62. The minimum Gasteiger partial charge on any atom is -0.388 e. The van der Waals surface area contributed by atoms with Gasteiger partial charge in [0.25, 0.3) is 0 Å². The van der Waals surface area contributed by atoms with Crippen molar-refractivity contribution < 1.29 is 14.3 Å². The van der Waals surface area contributed by atoms with Gasteiger partial charge in [0.1, 0.15) is 5.82 Å². The minimum absolute atomic E-state index is 0.236. The fourth-order valence-electron chi connectivity index (χ4n) is 2.37. The Labute approximate surface area is 118 Å². The Morgan fingerprint density at radius 2 is 2.10 bits per heavy atom. The Morgan fingerprint density at radius 1 is 1.40 bits per heavy atom. The van der Waals surface area contributed by atoms with E-state index >= 15 is 0 Å². The molecule has 0 saturated carbocycles. The van der Waals surface area contributed by atoms with Crippen LogP contribution in [0.4, 0.5) is 9.18 Å². The summed E-state index contributed by atoms with van der Waals surface area (Å²) in [5, 5.41) is 13.0. The molecule has 2 rings (SSSR count). The van der Waals surface area contributed by atoms with E-state index in [-0.39, 0.29) is 23.8 Å². The maximum absolute atomic E-state index is 13.0. The Kier molecular flexibility index (Phi) is 3.73. The molecule has 1 fully saturated rings. The summed E-state index contributed by atoms with van der Waals surface area (Å²) in [5.41, 5.74) is -0.532. The van der Waals surface area contributed by atoms with Crippen LogP contribution in [0.1, 0.15) is 26.3 Å². The Balaban J connectivity index is 1.94. The summed E-state index contributed by atoms with van der Waals surface area (Å²) in [5.74, 6) is -0.318. The predicted molar refractivity (Wildman–Crippen MR) is 74.6 cm³/mol. The molecule has 5 heteroatoms. The number of nitrogens with one attached hydrogen (secondary N) is 1. The smallest absolute Gasteiger partial charge is 0.317 e. The molecule has 2 N–H and O–H groups in total. The average Bonchev–Trinajstić information content (AvgIpc) is 2.56. The fourth-order valence-corrected chi connectivity index (χ4v) is 2.37. The average molecular weight is 280 g/mol. The topological polar surface area (TPSA) is 52.6 Å². The first-order valence-electron chi connectivity index (χ1n) is 6.71. The fraction of sp³-hybridized carbons (Fsp3) is 0.533. The molecule has 1 aliphatic heterocycles. The van der Waals surface area contributed by atoms with E-state index < -0.39 is 5.60 Å². The summed E-state index contributed by atoms with van der Waals surface area (Å²) in [6, 6.07) is 5.89. The third-order valence-electron chi connectivity index (χ3n) is 4.16. The highest BCUT2D eigenvalue weighted by atomic mass is 19.1. The van der Waals surface area contributed by atoms with Crippen molar-refractivity contribution in [2.24, 2.45) is 5.41 Å². The molecule has 1 aromatic carbocycles. The molecule has 1 saturated heterocycles. The molecule has 0 radical (unpaired) electrons. The monoisotopic (exact) mass is 280 g/mol. The molecule has 2 amide bonds. The van der Waals surface area contributed by atoms with Gasteiger partial charge in [0, 0.05) is 18.5 Å². The summed E-state index contributed by atoms with van der Waals surface area (Å²) in [6.07, 6.45) is 0. The van der Waals surface area contributed by atoms with Crippen LogP contribution in [0, 0.1) is 11.2 Å². The van der Waals surface area contributed by atoms with Crippen LogP contribution < -0.4 is 5.32 Å². The highest BCUT2D eigenvalue weighted by molar-refractivity contribution is 5.74. The van der Waals surface area contributed by atoms with Crippen LogP contribution in [-0.2, 0) is 6.54 Å². The van der Waals surface area contributed by atoms with Gasteiger partial charge in [0.15, 0.2) is 0 Å². The highest BCUT2D eigenvalue weighted by Gasteiger charge is 2.49. The molecule has 0 unspecified atom stereocenters. The Bertz CT molecular complexity index is 498. The lowest BCUT2D eigenvalue weighted by molar-refractivity contribution is -0.0104. The number of carbonyl (C=O) groups excluding carboxylic acids is 1. The van der Waals surface area contributed by atoms with Crippen molar-refractivity contribution in [1.82, 2.24) is 10.2 Å². The van der Waals surface area contributed by atoms with Crippen molar-refractivity contribution in [2.45, 2.75) is 32.9 Å². The zero-order valence-corrected chi connectivity index (χ0v) is 12.1. The number of rotatable bonds is 2. The van der Waals surface area contributed by atoms with E-state index in [2.05, 4.69) is 5.32 Å².